The summed E-state index contributed by atoms with van der Waals surface area (Å²) in [6.45, 7) is 6.90. The van der Waals surface area contributed by atoms with Crippen molar-refractivity contribution in [3.63, 3.8) is 0 Å². The second-order valence-electron chi connectivity index (χ2n) is 6.02. The van der Waals surface area contributed by atoms with Gasteiger partial charge in [0, 0.05) is 38.0 Å². The summed E-state index contributed by atoms with van der Waals surface area (Å²) in [7, 11) is 0. The number of amides is 2. The van der Waals surface area contributed by atoms with Crippen LogP contribution in [-0.2, 0) is 14.3 Å². The molecule has 1 aliphatic carbocycles. The molecular weight excluding hydrogens is 246 g/mol. The first kappa shape index (κ1) is 14.3. The highest BCUT2D eigenvalue weighted by atomic mass is 16.5. The van der Waals surface area contributed by atoms with E-state index in [1.807, 2.05) is 13.8 Å². The standard InChI is InChI=1S/C13H23N3O3/c1-8(17)15-5-6-16-11(18)13(14)9-4-7-19-10(9)12(13,2)3/h9-10H,4-7,14H2,1-3H3,(H,15,17)(H,16,18). The third-order valence-electron chi connectivity index (χ3n) is 4.61. The second kappa shape index (κ2) is 4.76. The van der Waals surface area contributed by atoms with Crippen LogP contribution in [0.15, 0.2) is 0 Å². The van der Waals surface area contributed by atoms with Crippen molar-refractivity contribution in [1.29, 1.82) is 0 Å². The molecule has 6 heteroatoms. The number of carbonyl (C=O) groups is 2. The van der Waals surface area contributed by atoms with Crippen molar-refractivity contribution in [1.82, 2.24) is 10.6 Å². The normalized spacial score (nSPS) is 35.2. The van der Waals surface area contributed by atoms with Crippen molar-refractivity contribution in [2.45, 2.75) is 38.8 Å². The molecular formula is C13H23N3O3. The average Bonchev–Trinajstić information content (AvgIpc) is 2.80. The molecule has 4 N–H and O–H groups in total. The van der Waals surface area contributed by atoms with E-state index in [9.17, 15) is 9.59 Å². The summed E-state index contributed by atoms with van der Waals surface area (Å²) in [4.78, 5) is 23.1. The fraction of sp³-hybridized carbons (Fsp3) is 0.846. The predicted molar refractivity (Wildman–Crippen MR) is 70.2 cm³/mol. The van der Waals surface area contributed by atoms with Crippen LogP contribution in [0.25, 0.3) is 0 Å². The van der Waals surface area contributed by atoms with E-state index < -0.39 is 5.54 Å². The van der Waals surface area contributed by atoms with Crippen LogP contribution >= 0.6 is 0 Å². The number of nitrogens with two attached hydrogens (primary N) is 1. The molecule has 0 aromatic carbocycles. The van der Waals surface area contributed by atoms with Gasteiger partial charge in [-0.2, -0.15) is 0 Å². The largest absolute Gasteiger partial charge is 0.377 e. The Hall–Kier alpha value is -1.14. The fourth-order valence-corrected chi connectivity index (χ4v) is 3.41. The van der Waals surface area contributed by atoms with Crippen LogP contribution in [0.4, 0.5) is 0 Å². The minimum absolute atomic E-state index is 0.0820. The molecule has 0 radical (unpaired) electrons. The quantitative estimate of drug-likeness (QED) is 0.593. The molecule has 3 unspecified atom stereocenters. The zero-order chi connectivity index (χ0) is 14.3. The molecule has 0 bridgehead atoms. The Kier molecular flexibility index (Phi) is 3.57. The van der Waals surface area contributed by atoms with E-state index in [1.165, 1.54) is 6.92 Å². The Balaban J connectivity index is 1.92. The van der Waals surface area contributed by atoms with Crippen LogP contribution < -0.4 is 16.4 Å². The lowest BCUT2D eigenvalue weighted by molar-refractivity contribution is -0.175. The third kappa shape index (κ3) is 2.03. The van der Waals surface area contributed by atoms with Gasteiger partial charge in [0.05, 0.1) is 6.10 Å². The lowest BCUT2D eigenvalue weighted by Gasteiger charge is -2.60. The number of hydrogen-bond acceptors (Lipinski definition) is 4. The van der Waals surface area contributed by atoms with Gasteiger partial charge in [-0.15, -0.1) is 0 Å². The number of carbonyl (C=O) groups excluding carboxylic acids is 2. The van der Waals surface area contributed by atoms with Crippen LogP contribution in [0.1, 0.15) is 27.2 Å². The van der Waals surface area contributed by atoms with Gasteiger partial charge < -0.3 is 21.1 Å². The van der Waals surface area contributed by atoms with E-state index in [4.69, 9.17) is 10.5 Å². The molecule has 0 spiro atoms. The van der Waals surface area contributed by atoms with Gasteiger partial charge in [-0.25, -0.2) is 0 Å². The molecule has 2 aliphatic rings. The summed E-state index contributed by atoms with van der Waals surface area (Å²) < 4.78 is 5.65. The zero-order valence-electron chi connectivity index (χ0n) is 11.8. The maximum absolute atomic E-state index is 12.3. The Bertz CT molecular complexity index is 397. The van der Waals surface area contributed by atoms with Gasteiger partial charge >= 0.3 is 0 Å². The average molecular weight is 269 g/mol. The number of ether oxygens (including phenoxy) is 1. The molecule has 0 aromatic heterocycles. The first-order valence-electron chi connectivity index (χ1n) is 6.75. The van der Waals surface area contributed by atoms with Crippen molar-refractivity contribution in [3.05, 3.63) is 0 Å². The van der Waals surface area contributed by atoms with Gasteiger partial charge in [0.15, 0.2) is 0 Å². The highest BCUT2D eigenvalue weighted by molar-refractivity contribution is 5.89. The Morgan fingerprint density at radius 3 is 2.58 bits per heavy atom. The molecule has 2 amide bonds. The summed E-state index contributed by atoms with van der Waals surface area (Å²) >= 11 is 0. The molecule has 3 atom stereocenters. The molecule has 1 aliphatic heterocycles. The summed E-state index contributed by atoms with van der Waals surface area (Å²) in [6.07, 6.45) is 0.919. The topological polar surface area (TPSA) is 93.5 Å². The van der Waals surface area contributed by atoms with Gasteiger partial charge in [-0.1, -0.05) is 13.8 Å². The van der Waals surface area contributed by atoms with Crippen LogP contribution in [-0.4, -0.2) is 43.2 Å². The molecule has 1 saturated carbocycles. The Morgan fingerprint density at radius 2 is 1.95 bits per heavy atom. The van der Waals surface area contributed by atoms with E-state index in [0.717, 1.165) is 6.42 Å². The van der Waals surface area contributed by atoms with E-state index in [-0.39, 0.29) is 29.3 Å². The van der Waals surface area contributed by atoms with Crippen LogP contribution in [0.5, 0.6) is 0 Å². The Morgan fingerprint density at radius 1 is 1.32 bits per heavy atom. The monoisotopic (exact) mass is 269 g/mol. The first-order chi connectivity index (χ1) is 8.81. The van der Waals surface area contributed by atoms with Gasteiger partial charge in [-0.3, -0.25) is 9.59 Å². The van der Waals surface area contributed by atoms with Crippen LogP contribution in [0, 0.1) is 11.3 Å². The van der Waals surface area contributed by atoms with E-state index in [1.54, 1.807) is 0 Å². The Labute approximate surface area is 113 Å². The summed E-state index contributed by atoms with van der Waals surface area (Å²) in [5.74, 6) is -0.150. The third-order valence-corrected chi connectivity index (χ3v) is 4.61. The number of fused-ring (bicyclic) bond motifs is 1. The SMILES string of the molecule is CC(=O)NCCNC(=O)C1(N)C2CCOC2C1(C)C. The van der Waals surface area contributed by atoms with Gasteiger partial charge in [0.25, 0.3) is 0 Å². The smallest absolute Gasteiger partial charge is 0.241 e. The predicted octanol–water partition coefficient (Wildman–Crippen LogP) is -0.619. The maximum atomic E-state index is 12.3. The van der Waals surface area contributed by atoms with Crippen molar-refractivity contribution < 1.29 is 14.3 Å². The van der Waals surface area contributed by atoms with Crippen molar-refractivity contribution in [3.8, 4) is 0 Å². The van der Waals surface area contributed by atoms with Crippen molar-refractivity contribution >= 4 is 11.8 Å². The maximum Gasteiger partial charge on any atom is 0.241 e. The first-order valence-corrected chi connectivity index (χ1v) is 6.75. The second-order valence-corrected chi connectivity index (χ2v) is 6.02. The molecule has 19 heavy (non-hydrogen) atoms. The van der Waals surface area contributed by atoms with Crippen molar-refractivity contribution in [2.24, 2.45) is 17.1 Å². The molecule has 0 aromatic rings. The summed E-state index contributed by atoms with van der Waals surface area (Å²) in [6, 6.07) is 0. The molecule has 2 rings (SSSR count). The fourth-order valence-electron chi connectivity index (χ4n) is 3.41. The number of nitrogens with one attached hydrogen (secondary N) is 2. The van der Waals surface area contributed by atoms with Crippen LogP contribution in [0.2, 0.25) is 0 Å². The highest BCUT2D eigenvalue weighted by Gasteiger charge is 2.71. The highest BCUT2D eigenvalue weighted by Crippen LogP contribution is 2.58. The molecule has 6 nitrogen and oxygen atoms in total. The summed E-state index contributed by atoms with van der Waals surface area (Å²) in [5.41, 5.74) is 5.15. The lowest BCUT2D eigenvalue weighted by atomic mass is 9.48. The van der Waals surface area contributed by atoms with E-state index >= 15 is 0 Å². The number of rotatable bonds is 4. The van der Waals surface area contributed by atoms with Gasteiger partial charge in [0.1, 0.15) is 5.54 Å². The summed E-state index contributed by atoms with van der Waals surface area (Å²) in [5, 5.41) is 5.45. The molecule has 1 saturated heterocycles. The molecule has 108 valence electrons. The van der Waals surface area contributed by atoms with Crippen molar-refractivity contribution in [2.75, 3.05) is 19.7 Å². The minimum atomic E-state index is -0.871. The van der Waals surface area contributed by atoms with E-state index in [2.05, 4.69) is 10.6 Å². The lowest BCUT2D eigenvalue weighted by Crippen LogP contribution is -2.80. The minimum Gasteiger partial charge on any atom is -0.377 e. The van der Waals surface area contributed by atoms with Gasteiger partial charge in [-0.05, 0) is 6.42 Å². The zero-order valence-corrected chi connectivity index (χ0v) is 11.8. The number of hydrogen-bond donors (Lipinski definition) is 3. The van der Waals surface area contributed by atoms with E-state index in [0.29, 0.717) is 19.7 Å². The molecule has 1 heterocycles. The van der Waals surface area contributed by atoms with Gasteiger partial charge in [0.2, 0.25) is 11.8 Å². The molecule has 2 fully saturated rings. The van der Waals surface area contributed by atoms with Crippen LogP contribution in [0.3, 0.4) is 0 Å².